The van der Waals surface area contributed by atoms with Crippen LogP contribution in [-0.2, 0) is 32.8 Å². The summed E-state index contributed by atoms with van der Waals surface area (Å²) in [6.45, 7) is 0.295. The molecule has 8 heteroatoms. The summed E-state index contributed by atoms with van der Waals surface area (Å²) in [5.41, 5.74) is 2.11. The second-order valence-corrected chi connectivity index (χ2v) is 7.85. The van der Waals surface area contributed by atoms with Gasteiger partial charge < -0.3 is 10.6 Å². The van der Waals surface area contributed by atoms with Crippen molar-refractivity contribution in [2.75, 3.05) is 5.32 Å². The Balaban J connectivity index is 1.52. The summed E-state index contributed by atoms with van der Waals surface area (Å²) in [6.07, 6.45) is 1.91. The van der Waals surface area contributed by atoms with Gasteiger partial charge in [-0.2, -0.15) is 8.42 Å². The molecular formula is C19H19FN2O4S. The van der Waals surface area contributed by atoms with E-state index in [9.17, 15) is 21.9 Å². The highest BCUT2D eigenvalue weighted by molar-refractivity contribution is 7.86. The molecule has 2 amide bonds. The lowest BCUT2D eigenvalue weighted by atomic mass is 10.1. The van der Waals surface area contributed by atoms with Gasteiger partial charge in [0.2, 0.25) is 11.8 Å². The van der Waals surface area contributed by atoms with Crippen molar-refractivity contribution in [1.82, 2.24) is 5.32 Å². The number of hydrogen-bond donors (Lipinski definition) is 2. The summed E-state index contributed by atoms with van der Waals surface area (Å²) in [6, 6.07) is 12.3. The molecule has 0 aromatic heterocycles. The van der Waals surface area contributed by atoms with Gasteiger partial charge in [0, 0.05) is 18.2 Å². The molecule has 2 aromatic carbocycles. The second kappa shape index (κ2) is 7.87. The van der Waals surface area contributed by atoms with Crippen molar-refractivity contribution in [3.05, 3.63) is 59.7 Å². The zero-order valence-electron chi connectivity index (χ0n) is 14.4. The topological polar surface area (TPSA) is 92.3 Å². The van der Waals surface area contributed by atoms with Crippen LogP contribution >= 0.6 is 0 Å². The molecule has 0 atom stereocenters. The molecule has 6 nitrogen and oxygen atoms in total. The first kappa shape index (κ1) is 19.0. The van der Waals surface area contributed by atoms with E-state index >= 15 is 0 Å². The first-order valence-corrected chi connectivity index (χ1v) is 9.90. The number of hydrogen-bond acceptors (Lipinski definition) is 4. The minimum absolute atomic E-state index is 0.0231. The van der Waals surface area contributed by atoms with E-state index in [0.29, 0.717) is 17.8 Å². The van der Waals surface area contributed by atoms with Gasteiger partial charge in [0.1, 0.15) is 0 Å². The lowest BCUT2D eigenvalue weighted by molar-refractivity contribution is -0.120. The maximum absolute atomic E-state index is 12.8. The van der Waals surface area contributed by atoms with Crippen LogP contribution in [0.3, 0.4) is 0 Å². The zero-order valence-corrected chi connectivity index (χ0v) is 15.3. The van der Waals surface area contributed by atoms with E-state index in [4.69, 9.17) is 0 Å². The summed E-state index contributed by atoms with van der Waals surface area (Å²) < 4.78 is 34.4. The molecule has 0 unspecified atom stereocenters. The zero-order chi connectivity index (χ0) is 19.4. The number of rotatable bonds is 7. The molecule has 1 aliphatic carbocycles. The summed E-state index contributed by atoms with van der Waals surface area (Å²) >= 11 is 0. The molecule has 0 saturated heterocycles. The molecule has 1 saturated carbocycles. The second-order valence-electron chi connectivity index (χ2n) is 6.50. The van der Waals surface area contributed by atoms with Crippen molar-refractivity contribution in [2.24, 2.45) is 5.92 Å². The van der Waals surface area contributed by atoms with Gasteiger partial charge in [-0.05, 0) is 48.2 Å². The lowest BCUT2D eigenvalue weighted by Gasteiger charge is -2.09. The molecule has 27 heavy (non-hydrogen) atoms. The van der Waals surface area contributed by atoms with Crippen LogP contribution < -0.4 is 10.6 Å². The Kier molecular flexibility index (Phi) is 5.55. The average Bonchev–Trinajstić information content (AvgIpc) is 3.45. The van der Waals surface area contributed by atoms with Crippen LogP contribution in [0.1, 0.15) is 24.0 Å². The van der Waals surface area contributed by atoms with Gasteiger partial charge in [0.25, 0.3) is 0 Å². The van der Waals surface area contributed by atoms with Crippen molar-refractivity contribution in [3.8, 4) is 0 Å². The van der Waals surface area contributed by atoms with E-state index in [-0.39, 0.29) is 24.2 Å². The summed E-state index contributed by atoms with van der Waals surface area (Å²) in [5.74, 6) is -0.111. The smallest absolute Gasteiger partial charge is 0.332 e. The molecule has 2 aromatic rings. The molecule has 2 N–H and O–H groups in total. The first-order chi connectivity index (χ1) is 12.8. The molecule has 0 radical (unpaired) electrons. The van der Waals surface area contributed by atoms with Gasteiger partial charge in [-0.25, -0.2) is 0 Å². The Morgan fingerprint density at radius 2 is 1.74 bits per heavy atom. The van der Waals surface area contributed by atoms with Crippen molar-refractivity contribution < 1.29 is 21.9 Å². The van der Waals surface area contributed by atoms with Crippen LogP contribution in [0.4, 0.5) is 9.57 Å². The van der Waals surface area contributed by atoms with E-state index in [1.807, 2.05) is 12.1 Å². The van der Waals surface area contributed by atoms with Crippen LogP contribution in [0.2, 0.25) is 0 Å². The van der Waals surface area contributed by atoms with Gasteiger partial charge in [0.05, 0.1) is 11.3 Å². The molecule has 0 aliphatic heterocycles. The van der Waals surface area contributed by atoms with Gasteiger partial charge in [-0.1, -0.05) is 24.3 Å². The van der Waals surface area contributed by atoms with Gasteiger partial charge in [-0.15, -0.1) is 3.89 Å². The fourth-order valence-corrected chi connectivity index (χ4v) is 3.03. The normalized spacial score (nSPS) is 13.8. The van der Waals surface area contributed by atoms with Crippen LogP contribution in [-0.4, -0.2) is 20.2 Å². The SMILES string of the molecule is O=C(Cc1ccc(S(=O)(=O)F)cc1)NCc1cccc(NC(=O)C2CC2)c1. The van der Waals surface area contributed by atoms with Crippen LogP contribution in [0.5, 0.6) is 0 Å². The highest BCUT2D eigenvalue weighted by Crippen LogP contribution is 2.30. The van der Waals surface area contributed by atoms with E-state index in [1.165, 1.54) is 12.1 Å². The summed E-state index contributed by atoms with van der Waals surface area (Å²) in [5, 5.41) is 5.62. The van der Waals surface area contributed by atoms with Crippen LogP contribution in [0, 0.1) is 5.92 Å². The highest BCUT2D eigenvalue weighted by atomic mass is 32.3. The molecule has 1 fully saturated rings. The first-order valence-electron chi connectivity index (χ1n) is 8.51. The molecule has 0 heterocycles. The lowest BCUT2D eigenvalue weighted by Crippen LogP contribution is -2.24. The minimum atomic E-state index is -4.74. The quantitative estimate of drug-likeness (QED) is 0.711. The third-order valence-corrected chi connectivity index (χ3v) is 5.04. The predicted octanol–water partition coefficient (Wildman–Crippen LogP) is 2.55. The number of benzene rings is 2. The van der Waals surface area contributed by atoms with E-state index in [2.05, 4.69) is 10.6 Å². The van der Waals surface area contributed by atoms with Crippen molar-refractivity contribution >= 4 is 27.7 Å². The third-order valence-electron chi connectivity index (χ3n) is 4.20. The predicted molar refractivity (Wildman–Crippen MR) is 98.1 cm³/mol. The number of nitrogens with one attached hydrogen (secondary N) is 2. The Labute approximate surface area is 157 Å². The molecular weight excluding hydrogens is 371 g/mol. The monoisotopic (exact) mass is 390 g/mol. The van der Waals surface area contributed by atoms with Crippen LogP contribution in [0.25, 0.3) is 0 Å². The highest BCUT2D eigenvalue weighted by Gasteiger charge is 2.29. The standard InChI is InChI=1S/C19H19FN2O4S/c20-27(25,26)17-8-4-13(5-9-17)11-18(23)21-12-14-2-1-3-16(10-14)22-19(24)15-6-7-15/h1-5,8-10,15H,6-7,11-12H2,(H,21,23)(H,22,24). The van der Waals surface area contributed by atoms with Crippen molar-refractivity contribution in [2.45, 2.75) is 30.7 Å². The average molecular weight is 390 g/mol. The number of halogens is 1. The third kappa shape index (κ3) is 5.62. The van der Waals surface area contributed by atoms with E-state index < -0.39 is 15.1 Å². The fourth-order valence-electron chi connectivity index (χ4n) is 2.57. The maximum atomic E-state index is 12.8. The molecule has 1 aliphatic rings. The Bertz CT molecular complexity index is 954. The van der Waals surface area contributed by atoms with Gasteiger partial charge in [0.15, 0.2) is 0 Å². The number of anilines is 1. The van der Waals surface area contributed by atoms with Crippen LogP contribution in [0.15, 0.2) is 53.4 Å². The van der Waals surface area contributed by atoms with Gasteiger partial charge >= 0.3 is 10.2 Å². The largest absolute Gasteiger partial charge is 0.352 e. The van der Waals surface area contributed by atoms with Crippen molar-refractivity contribution in [1.29, 1.82) is 0 Å². The molecule has 3 rings (SSSR count). The van der Waals surface area contributed by atoms with E-state index in [1.54, 1.807) is 12.1 Å². The number of carbonyl (C=O) groups excluding carboxylic acids is 2. The number of amides is 2. The number of carbonyl (C=O) groups is 2. The minimum Gasteiger partial charge on any atom is -0.352 e. The van der Waals surface area contributed by atoms with Crippen molar-refractivity contribution in [3.63, 3.8) is 0 Å². The summed E-state index contributed by atoms with van der Waals surface area (Å²) in [4.78, 5) is 23.4. The Hall–Kier alpha value is -2.74. The van der Waals surface area contributed by atoms with Gasteiger partial charge in [-0.3, -0.25) is 9.59 Å². The Morgan fingerprint density at radius 3 is 2.37 bits per heavy atom. The molecule has 0 spiro atoms. The Morgan fingerprint density at radius 1 is 1.04 bits per heavy atom. The molecule has 142 valence electrons. The fraction of sp³-hybridized carbons (Fsp3) is 0.263. The summed E-state index contributed by atoms with van der Waals surface area (Å²) in [7, 11) is -4.74. The van der Waals surface area contributed by atoms with E-state index in [0.717, 1.165) is 30.5 Å². The maximum Gasteiger partial charge on any atom is 0.332 e. The molecule has 0 bridgehead atoms.